The van der Waals surface area contributed by atoms with E-state index in [4.69, 9.17) is 9.47 Å². The van der Waals surface area contributed by atoms with Crippen LogP contribution in [0.5, 0.6) is 0 Å². The minimum atomic E-state index is -0.757. The number of hydrogen-bond acceptors (Lipinski definition) is 5. The Kier molecular flexibility index (Phi) is 10.0. The van der Waals surface area contributed by atoms with Crippen LogP contribution in [0, 0.1) is 5.92 Å². The molecule has 4 nitrogen and oxygen atoms in total. The molecule has 0 amide bonds. The fourth-order valence-corrected chi connectivity index (χ4v) is 2.01. The van der Waals surface area contributed by atoms with E-state index in [2.05, 4.69) is 6.92 Å². The lowest BCUT2D eigenvalue weighted by Crippen LogP contribution is -2.28. The number of hydrogen-bond donors (Lipinski definition) is 0. The molecular weight excluding hydrogens is 240 g/mol. The Labute approximate surface area is 107 Å². The molecule has 0 saturated carbocycles. The molecule has 0 aliphatic rings. The summed E-state index contributed by atoms with van der Waals surface area (Å²) in [7, 11) is 0. The first-order valence-corrected chi connectivity index (χ1v) is 7.23. The Balaban J connectivity index is 4.19. The fourth-order valence-electron chi connectivity index (χ4n) is 1.35. The average molecular weight is 262 g/mol. The first-order chi connectivity index (χ1) is 8.17. The first-order valence-electron chi connectivity index (χ1n) is 6.08. The van der Waals surface area contributed by atoms with E-state index >= 15 is 0 Å². The summed E-state index contributed by atoms with van der Waals surface area (Å²) in [6.45, 7) is 6.12. The van der Waals surface area contributed by atoms with Gasteiger partial charge in [-0.2, -0.15) is 11.8 Å². The summed E-state index contributed by atoms with van der Waals surface area (Å²) in [4.78, 5) is 23.2. The highest BCUT2D eigenvalue weighted by Crippen LogP contribution is 2.14. The third kappa shape index (κ3) is 7.26. The lowest BCUT2D eigenvalue weighted by atomic mass is 10.0. The van der Waals surface area contributed by atoms with Gasteiger partial charge in [-0.15, -0.1) is 0 Å². The molecule has 0 aromatic heterocycles. The van der Waals surface area contributed by atoms with Crippen LogP contribution in [0.25, 0.3) is 0 Å². The van der Waals surface area contributed by atoms with Gasteiger partial charge in [0.25, 0.3) is 0 Å². The molecule has 0 heterocycles. The highest BCUT2D eigenvalue weighted by Gasteiger charge is 2.28. The highest BCUT2D eigenvalue weighted by atomic mass is 32.2. The Morgan fingerprint density at radius 3 is 2.00 bits per heavy atom. The third-order valence-corrected chi connectivity index (χ3v) is 3.11. The van der Waals surface area contributed by atoms with Gasteiger partial charge in [0, 0.05) is 0 Å². The molecule has 0 bridgehead atoms. The van der Waals surface area contributed by atoms with Gasteiger partial charge in [-0.1, -0.05) is 6.92 Å². The molecule has 0 aromatic rings. The van der Waals surface area contributed by atoms with Crippen molar-refractivity contribution < 1.29 is 19.1 Å². The van der Waals surface area contributed by atoms with E-state index < -0.39 is 17.9 Å². The third-order valence-electron chi connectivity index (χ3n) is 2.13. The minimum absolute atomic E-state index is 0.290. The van der Waals surface area contributed by atoms with Crippen LogP contribution in [-0.2, 0) is 19.1 Å². The molecule has 0 aliphatic heterocycles. The number of thioether (sulfide) groups is 1. The zero-order valence-corrected chi connectivity index (χ0v) is 11.7. The van der Waals surface area contributed by atoms with Gasteiger partial charge in [-0.3, -0.25) is 9.59 Å². The van der Waals surface area contributed by atoms with Crippen LogP contribution in [0.4, 0.5) is 0 Å². The lowest BCUT2D eigenvalue weighted by molar-refractivity contribution is -0.161. The van der Waals surface area contributed by atoms with E-state index in [9.17, 15) is 9.59 Å². The van der Waals surface area contributed by atoms with Crippen molar-refractivity contribution in [1.29, 1.82) is 0 Å². The molecule has 0 fully saturated rings. The summed E-state index contributed by atoms with van der Waals surface area (Å²) in [6, 6.07) is 0. The van der Waals surface area contributed by atoms with E-state index in [-0.39, 0.29) is 0 Å². The van der Waals surface area contributed by atoms with Crippen LogP contribution in [0.2, 0.25) is 0 Å². The van der Waals surface area contributed by atoms with Crippen LogP contribution in [0.1, 0.15) is 33.6 Å². The minimum Gasteiger partial charge on any atom is -0.465 e. The number of ether oxygens (including phenoxy) is 2. The molecule has 0 spiro atoms. The molecule has 5 heteroatoms. The largest absolute Gasteiger partial charge is 0.465 e. The van der Waals surface area contributed by atoms with Gasteiger partial charge in [0.15, 0.2) is 5.92 Å². The Morgan fingerprint density at radius 2 is 1.59 bits per heavy atom. The second-order valence-corrected chi connectivity index (χ2v) is 4.79. The fraction of sp³-hybridized carbons (Fsp3) is 0.833. The Bertz CT molecular complexity index is 213. The van der Waals surface area contributed by atoms with Crippen LogP contribution in [0.3, 0.4) is 0 Å². The summed E-state index contributed by atoms with van der Waals surface area (Å²) >= 11 is 1.80. The monoisotopic (exact) mass is 262 g/mol. The summed E-state index contributed by atoms with van der Waals surface area (Å²) < 4.78 is 9.76. The summed E-state index contributed by atoms with van der Waals surface area (Å²) in [5, 5.41) is 0. The molecule has 0 aromatic carbocycles. The van der Waals surface area contributed by atoms with Crippen molar-refractivity contribution in [2.75, 3.05) is 24.7 Å². The van der Waals surface area contributed by atoms with Crippen molar-refractivity contribution in [2.45, 2.75) is 33.6 Å². The van der Waals surface area contributed by atoms with Crippen molar-refractivity contribution in [3.8, 4) is 0 Å². The standard InChI is InChI=1S/C12H22O4S/c1-4-15-11(13)10(12(14)16-5-2)8-7-9-17-6-3/h10H,4-9H2,1-3H3. The maximum atomic E-state index is 11.6. The van der Waals surface area contributed by atoms with Gasteiger partial charge in [-0.05, 0) is 38.2 Å². The zero-order valence-electron chi connectivity index (χ0n) is 10.9. The second kappa shape index (κ2) is 10.4. The molecule has 0 aliphatic carbocycles. The summed E-state index contributed by atoms with van der Waals surface area (Å²) in [6.07, 6.45) is 1.32. The average Bonchev–Trinajstić information content (AvgIpc) is 2.29. The van der Waals surface area contributed by atoms with Gasteiger partial charge < -0.3 is 9.47 Å². The molecule has 0 radical (unpaired) electrons. The maximum Gasteiger partial charge on any atom is 0.320 e. The smallest absolute Gasteiger partial charge is 0.320 e. The normalized spacial score (nSPS) is 10.4. The molecular formula is C12H22O4S. The predicted molar refractivity (Wildman–Crippen MR) is 69.0 cm³/mol. The number of esters is 2. The predicted octanol–water partition coefficient (Wildman–Crippen LogP) is 2.26. The molecule has 100 valence electrons. The van der Waals surface area contributed by atoms with Gasteiger partial charge in [0.05, 0.1) is 13.2 Å². The van der Waals surface area contributed by atoms with E-state index in [1.165, 1.54) is 0 Å². The molecule has 0 unspecified atom stereocenters. The van der Waals surface area contributed by atoms with Crippen LogP contribution in [0.15, 0.2) is 0 Å². The van der Waals surface area contributed by atoms with Crippen LogP contribution < -0.4 is 0 Å². The Hall–Kier alpha value is -0.710. The van der Waals surface area contributed by atoms with Crippen molar-refractivity contribution >= 4 is 23.7 Å². The zero-order chi connectivity index (χ0) is 13.1. The lowest BCUT2D eigenvalue weighted by Gasteiger charge is -2.13. The van der Waals surface area contributed by atoms with Crippen molar-refractivity contribution in [1.82, 2.24) is 0 Å². The number of carbonyl (C=O) groups is 2. The van der Waals surface area contributed by atoms with E-state index in [1.807, 2.05) is 0 Å². The van der Waals surface area contributed by atoms with E-state index in [1.54, 1.807) is 25.6 Å². The maximum absolute atomic E-state index is 11.6. The van der Waals surface area contributed by atoms with Crippen molar-refractivity contribution in [3.05, 3.63) is 0 Å². The second-order valence-electron chi connectivity index (χ2n) is 3.40. The summed E-state index contributed by atoms with van der Waals surface area (Å²) in [5.41, 5.74) is 0. The van der Waals surface area contributed by atoms with Crippen molar-refractivity contribution in [2.24, 2.45) is 5.92 Å². The number of rotatable bonds is 9. The molecule has 0 rings (SSSR count). The first kappa shape index (κ1) is 16.3. The van der Waals surface area contributed by atoms with Crippen LogP contribution in [-0.4, -0.2) is 36.7 Å². The van der Waals surface area contributed by atoms with E-state index in [0.717, 1.165) is 17.9 Å². The topological polar surface area (TPSA) is 52.6 Å². The van der Waals surface area contributed by atoms with E-state index in [0.29, 0.717) is 19.6 Å². The molecule has 17 heavy (non-hydrogen) atoms. The van der Waals surface area contributed by atoms with Crippen LogP contribution >= 0.6 is 11.8 Å². The Morgan fingerprint density at radius 1 is 1.06 bits per heavy atom. The number of carbonyl (C=O) groups excluding carboxylic acids is 2. The quantitative estimate of drug-likeness (QED) is 0.362. The summed E-state index contributed by atoms with van der Waals surface area (Å²) in [5.74, 6) is 0.308. The molecule has 0 saturated heterocycles. The SMILES string of the molecule is CCOC(=O)C(CCCSCC)C(=O)OCC. The van der Waals surface area contributed by atoms with Crippen molar-refractivity contribution in [3.63, 3.8) is 0 Å². The van der Waals surface area contributed by atoms with Gasteiger partial charge in [-0.25, -0.2) is 0 Å². The highest BCUT2D eigenvalue weighted by molar-refractivity contribution is 7.99. The molecule has 0 atom stereocenters. The molecule has 0 N–H and O–H groups in total. The van der Waals surface area contributed by atoms with Gasteiger partial charge >= 0.3 is 11.9 Å². The van der Waals surface area contributed by atoms with Gasteiger partial charge in [0.2, 0.25) is 0 Å². The van der Waals surface area contributed by atoms with Gasteiger partial charge in [0.1, 0.15) is 0 Å².